The summed E-state index contributed by atoms with van der Waals surface area (Å²) in [5.41, 5.74) is 3.42. The number of nitrogens with zero attached hydrogens (tertiary/aromatic N) is 7. The van der Waals surface area contributed by atoms with Crippen molar-refractivity contribution in [2.75, 3.05) is 63.6 Å². The molecule has 0 spiro atoms. The summed E-state index contributed by atoms with van der Waals surface area (Å²) in [6, 6.07) is 5.89. The Morgan fingerprint density at radius 3 is 2.58 bits per heavy atom. The van der Waals surface area contributed by atoms with Crippen molar-refractivity contribution in [1.82, 2.24) is 29.3 Å². The van der Waals surface area contributed by atoms with Gasteiger partial charge in [0.15, 0.2) is 5.65 Å². The number of amides is 1. The number of ether oxygens (including phenoxy) is 1. The van der Waals surface area contributed by atoms with Crippen LogP contribution in [0.2, 0.25) is 0 Å². The fraction of sp³-hybridized carbons (Fsp3) is 0.531. The van der Waals surface area contributed by atoms with Gasteiger partial charge in [-0.05, 0) is 50.9 Å². The van der Waals surface area contributed by atoms with E-state index in [4.69, 9.17) is 14.7 Å². The molecule has 3 aliphatic rings. The van der Waals surface area contributed by atoms with Crippen LogP contribution in [0.5, 0.6) is 5.75 Å². The van der Waals surface area contributed by atoms with Crippen LogP contribution in [0, 0.1) is 0 Å². The van der Waals surface area contributed by atoms with Crippen molar-refractivity contribution in [2.45, 2.75) is 56.9 Å². The maximum Gasteiger partial charge on any atom is 0.274 e. The van der Waals surface area contributed by atoms with E-state index >= 15 is 0 Å². The first-order valence-corrected chi connectivity index (χ1v) is 15.5. The molecule has 6 rings (SSSR count). The SMILES string of the molecule is C=CC(=O)N1CCC[C@@H](n2c(=O)c(C3CCCCC3)nc3cnc(Nc4ccc(N5CCN(C)CC5)cc4OC)nc32)C1. The van der Waals surface area contributed by atoms with Crippen LogP contribution in [-0.2, 0) is 4.79 Å². The highest BCUT2D eigenvalue weighted by Gasteiger charge is 2.30. The Labute approximate surface area is 252 Å². The molecule has 11 nitrogen and oxygen atoms in total. The molecule has 1 saturated carbocycles. The number of fused-ring (bicyclic) bond motifs is 1. The summed E-state index contributed by atoms with van der Waals surface area (Å²) in [5, 5.41) is 3.32. The average Bonchev–Trinajstić information content (AvgIpc) is 3.05. The number of benzene rings is 1. The number of aromatic nitrogens is 4. The van der Waals surface area contributed by atoms with Crippen molar-refractivity contribution >= 4 is 34.4 Å². The van der Waals surface area contributed by atoms with E-state index in [1.165, 1.54) is 12.5 Å². The molecule has 0 bridgehead atoms. The number of carbonyl (C=O) groups is 1. The molecular weight excluding hydrogens is 544 g/mol. The zero-order valence-corrected chi connectivity index (χ0v) is 25.3. The van der Waals surface area contributed by atoms with Crippen molar-refractivity contribution in [3.63, 3.8) is 0 Å². The molecular formula is C32H42N8O3. The van der Waals surface area contributed by atoms with Crippen LogP contribution in [0.3, 0.4) is 0 Å². The largest absolute Gasteiger partial charge is 0.494 e. The molecule has 4 heterocycles. The summed E-state index contributed by atoms with van der Waals surface area (Å²) in [6.07, 6.45) is 9.94. The van der Waals surface area contributed by atoms with Crippen LogP contribution in [0.15, 0.2) is 41.8 Å². The lowest BCUT2D eigenvalue weighted by atomic mass is 9.87. The Morgan fingerprint density at radius 2 is 1.84 bits per heavy atom. The Bertz CT molecular complexity index is 1540. The normalized spacial score (nSPS) is 20.3. The lowest BCUT2D eigenvalue weighted by Crippen LogP contribution is -2.44. The van der Waals surface area contributed by atoms with Gasteiger partial charge < -0.3 is 24.8 Å². The molecule has 228 valence electrons. The van der Waals surface area contributed by atoms with Gasteiger partial charge >= 0.3 is 0 Å². The maximum atomic E-state index is 14.2. The summed E-state index contributed by atoms with van der Waals surface area (Å²) in [4.78, 5) is 47.5. The molecule has 1 aliphatic carbocycles. The first-order chi connectivity index (χ1) is 20.9. The first kappa shape index (κ1) is 29.1. The third-order valence-electron chi connectivity index (χ3n) is 9.20. The number of likely N-dealkylation sites (tertiary alicyclic amines) is 1. The summed E-state index contributed by atoms with van der Waals surface area (Å²) in [5.74, 6) is 1.06. The Morgan fingerprint density at radius 1 is 1.05 bits per heavy atom. The van der Waals surface area contributed by atoms with Gasteiger partial charge in [0.1, 0.15) is 17.0 Å². The second kappa shape index (κ2) is 12.7. The molecule has 1 atom stereocenters. The number of methoxy groups -OCH3 is 1. The fourth-order valence-corrected chi connectivity index (χ4v) is 6.72. The second-order valence-corrected chi connectivity index (χ2v) is 12.0. The molecule has 3 aromatic rings. The molecule has 0 unspecified atom stereocenters. The molecule has 11 heteroatoms. The highest BCUT2D eigenvalue weighted by atomic mass is 16.5. The zero-order chi connectivity index (χ0) is 29.9. The highest BCUT2D eigenvalue weighted by Crippen LogP contribution is 2.34. The molecule has 2 aromatic heterocycles. The van der Waals surface area contributed by atoms with Gasteiger partial charge in [0.2, 0.25) is 11.9 Å². The predicted molar refractivity (Wildman–Crippen MR) is 168 cm³/mol. The standard InChI is InChI=1S/C32H42N8O3/c1-4-28(41)39-14-8-11-24(21-39)40-30-26(34-29(31(40)42)22-9-6-5-7-10-22)20-33-32(36-30)35-25-13-12-23(19-27(25)43-3)38-17-15-37(2)16-18-38/h4,12-13,19-20,22,24H,1,5-11,14-18,21H2,2-3H3,(H,33,35,36)/t24-/m1/s1. The predicted octanol–water partition coefficient (Wildman–Crippen LogP) is 4.09. The van der Waals surface area contributed by atoms with Crippen LogP contribution < -0.4 is 20.5 Å². The lowest BCUT2D eigenvalue weighted by molar-refractivity contribution is -0.127. The second-order valence-electron chi connectivity index (χ2n) is 12.0. The Hall–Kier alpha value is -3.99. The summed E-state index contributed by atoms with van der Waals surface area (Å²) < 4.78 is 7.54. The number of likely N-dealkylation sites (N-methyl/N-ethyl adjacent to an activating group) is 1. The van der Waals surface area contributed by atoms with E-state index in [9.17, 15) is 9.59 Å². The van der Waals surface area contributed by atoms with Crippen molar-refractivity contribution < 1.29 is 9.53 Å². The van der Waals surface area contributed by atoms with Crippen LogP contribution >= 0.6 is 0 Å². The molecule has 1 N–H and O–H groups in total. The third-order valence-corrected chi connectivity index (χ3v) is 9.20. The molecule has 1 amide bonds. The van der Waals surface area contributed by atoms with Crippen LogP contribution in [0.4, 0.5) is 17.3 Å². The number of hydrogen-bond donors (Lipinski definition) is 1. The topological polar surface area (TPSA) is 109 Å². The van der Waals surface area contributed by atoms with Gasteiger partial charge in [0.05, 0.1) is 25.0 Å². The number of carbonyl (C=O) groups excluding carboxylic acids is 1. The molecule has 1 aromatic carbocycles. The van der Waals surface area contributed by atoms with Gasteiger partial charge in [0, 0.05) is 56.9 Å². The molecule has 0 radical (unpaired) electrons. The van der Waals surface area contributed by atoms with Crippen LogP contribution in [0.25, 0.3) is 11.2 Å². The van der Waals surface area contributed by atoms with Crippen LogP contribution in [0.1, 0.15) is 62.6 Å². The monoisotopic (exact) mass is 586 g/mol. The Balaban J connectivity index is 1.36. The number of anilines is 3. The fourth-order valence-electron chi connectivity index (χ4n) is 6.72. The van der Waals surface area contributed by atoms with Gasteiger partial charge in [-0.2, -0.15) is 4.98 Å². The van der Waals surface area contributed by atoms with E-state index in [0.29, 0.717) is 41.6 Å². The van der Waals surface area contributed by atoms with Crippen molar-refractivity contribution in [3.05, 3.63) is 53.1 Å². The summed E-state index contributed by atoms with van der Waals surface area (Å²) in [6.45, 7) is 8.71. The lowest BCUT2D eigenvalue weighted by Gasteiger charge is -2.34. The number of hydrogen-bond acceptors (Lipinski definition) is 9. The molecule has 2 aliphatic heterocycles. The van der Waals surface area contributed by atoms with E-state index in [0.717, 1.165) is 76.1 Å². The smallest absolute Gasteiger partial charge is 0.274 e. The van der Waals surface area contributed by atoms with E-state index in [1.54, 1.807) is 22.8 Å². The third kappa shape index (κ3) is 6.08. The molecule has 43 heavy (non-hydrogen) atoms. The zero-order valence-electron chi connectivity index (χ0n) is 25.3. The van der Waals surface area contributed by atoms with Crippen molar-refractivity contribution in [2.24, 2.45) is 0 Å². The van der Waals surface area contributed by atoms with E-state index in [1.807, 2.05) is 12.1 Å². The maximum absolute atomic E-state index is 14.2. The van der Waals surface area contributed by atoms with Crippen molar-refractivity contribution in [1.29, 1.82) is 0 Å². The Kier molecular flexibility index (Phi) is 8.60. The minimum absolute atomic E-state index is 0.101. The number of piperidine rings is 1. The van der Waals surface area contributed by atoms with E-state index in [2.05, 4.69) is 39.8 Å². The van der Waals surface area contributed by atoms with E-state index < -0.39 is 0 Å². The van der Waals surface area contributed by atoms with Gasteiger partial charge in [-0.25, -0.2) is 9.97 Å². The quantitative estimate of drug-likeness (QED) is 0.410. The highest BCUT2D eigenvalue weighted by molar-refractivity contribution is 5.87. The van der Waals surface area contributed by atoms with Gasteiger partial charge in [-0.3, -0.25) is 14.2 Å². The number of nitrogens with one attached hydrogen (secondary N) is 1. The van der Waals surface area contributed by atoms with Crippen LogP contribution in [-0.4, -0.2) is 88.7 Å². The minimum Gasteiger partial charge on any atom is -0.494 e. The molecule has 3 fully saturated rings. The first-order valence-electron chi connectivity index (χ1n) is 15.5. The summed E-state index contributed by atoms with van der Waals surface area (Å²) in [7, 11) is 3.80. The molecule has 2 saturated heterocycles. The summed E-state index contributed by atoms with van der Waals surface area (Å²) >= 11 is 0. The van der Waals surface area contributed by atoms with Gasteiger partial charge in [0.25, 0.3) is 5.56 Å². The number of piperazine rings is 1. The number of rotatable bonds is 7. The van der Waals surface area contributed by atoms with Gasteiger partial charge in [-0.1, -0.05) is 25.8 Å². The average molecular weight is 587 g/mol. The van der Waals surface area contributed by atoms with Gasteiger partial charge in [-0.15, -0.1) is 0 Å². The minimum atomic E-state index is -0.210. The van der Waals surface area contributed by atoms with Crippen molar-refractivity contribution in [3.8, 4) is 5.75 Å². The van der Waals surface area contributed by atoms with E-state index in [-0.39, 0.29) is 23.4 Å².